The maximum Gasteiger partial charge on any atom is 0.308 e. The van der Waals surface area contributed by atoms with Gasteiger partial charge in [0.2, 0.25) is 23.5 Å². The summed E-state index contributed by atoms with van der Waals surface area (Å²) in [6.07, 6.45) is 7.28. The number of benzene rings is 2. The number of aliphatic carboxylic acids is 1. The highest BCUT2D eigenvalue weighted by molar-refractivity contribution is 6.32. The molecule has 0 saturated heterocycles. The van der Waals surface area contributed by atoms with Gasteiger partial charge in [-0.05, 0) is 85.0 Å². The third kappa shape index (κ3) is 9.18. The zero-order valence-corrected chi connectivity index (χ0v) is 32.3. The van der Waals surface area contributed by atoms with Gasteiger partial charge in [-0.2, -0.15) is 9.97 Å². The van der Waals surface area contributed by atoms with E-state index in [-0.39, 0.29) is 25.1 Å². The van der Waals surface area contributed by atoms with Crippen LogP contribution in [-0.4, -0.2) is 47.3 Å². The number of carbonyl (C=O) groups is 1. The minimum atomic E-state index is -0.772. The molecule has 2 atom stereocenters. The molecule has 0 unspecified atom stereocenters. The molecule has 6 rings (SSSR count). The van der Waals surface area contributed by atoms with Crippen LogP contribution in [0.4, 0.5) is 0 Å². The van der Waals surface area contributed by atoms with Gasteiger partial charge < -0.3 is 34.7 Å². The van der Waals surface area contributed by atoms with Crippen molar-refractivity contribution in [3.63, 3.8) is 0 Å². The maximum atomic E-state index is 11.6. The first-order chi connectivity index (χ1) is 25.7. The first kappa shape index (κ1) is 38.6. The highest BCUT2D eigenvalue weighted by atomic mass is 35.5. The Balaban J connectivity index is 1.12. The number of nitrogens with one attached hydrogen (secondary N) is 2. The summed E-state index contributed by atoms with van der Waals surface area (Å²) in [6, 6.07) is 16.4. The van der Waals surface area contributed by atoms with E-state index in [1.165, 1.54) is 25.7 Å². The summed E-state index contributed by atoms with van der Waals surface area (Å²) >= 11 is 13.3. The first-order valence-corrected chi connectivity index (χ1v) is 19.0. The van der Waals surface area contributed by atoms with Crippen LogP contribution in [0.25, 0.3) is 11.1 Å². The molecule has 0 spiro atoms. The van der Waals surface area contributed by atoms with E-state index in [2.05, 4.69) is 46.6 Å². The molecule has 282 valence electrons. The second-order valence-corrected chi connectivity index (χ2v) is 14.7. The van der Waals surface area contributed by atoms with Crippen molar-refractivity contribution in [3.05, 3.63) is 92.0 Å². The highest BCUT2D eigenvalue weighted by Gasteiger charge is 2.32. The molecular formula is C41H48Cl2N4O6. The Morgan fingerprint density at radius 3 is 1.72 bits per heavy atom. The number of methoxy groups -OCH3 is 2. The van der Waals surface area contributed by atoms with Crippen LogP contribution in [-0.2, 0) is 31.1 Å². The minimum absolute atomic E-state index is 0.107. The molecule has 2 aromatic carbocycles. The van der Waals surface area contributed by atoms with E-state index in [1.54, 1.807) is 20.3 Å². The van der Waals surface area contributed by atoms with Crippen molar-refractivity contribution in [2.75, 3.05) is 14.2 Å². The van der Waals surface area contributed by atoms with Gasteiger partial charge in [0.25, 0.3) is 0 Å². The lowest BCUT2D eigenvalue weighted by atomic mass is 9.92. The summed E-state index contributed by atoms with van der Waals surface area (Å²) in [5.74, 6) is 0.312. The number of rotatable bonds is 16. The molecule has 2 aliphatic carbocycles. The zero-order chi connectivity index (χ0) is 37.5. The van der Waals surface area contributed by atoms with Crippen molar-refractivity contribution < 1.29 is 28.8 Å². The predicted octanol–water partition coefficient (Wildman–Crippen LogP) is 8.62. The lowest BCUT2D eigenvalue weighted by molar-refractivity contribution is -0.142. The van der Waals surface area contributed by atoms with Crippen LogP contribution >= 0.6 is 23.2 Å². The highest BCUT2D eigenvalue weighted by Crippen LogP contribution is 2.35. The SMILES string of the molecule is COc1nc(OCc2cccc(-c3cccc(COc4nc(OC)c(CN[C@@H]5CCC[C@@H]5C(=O)O)cc4Cl)c3C)c2C)c(Cl)cc1CNC1CCCC1. The third-order valence-electron chi connectivity index (χ3n) is 10.6. The fourth-order valence-electron chi connectivity index (χ4n) is 7.48. The van der Waals surface area contributed by atoms with Crippen LogP contribution in [0, 0.1) is 19.8 Å². The Hall–Kier alpha value is -4.09. The van der Waals surface area contributed by atoms with Crippen molar-refractivity contribution in [1.82, 2.24) is 20.6 Å². The fraction of sp³-hybridized carbons (Fsp3) is 0.439. The van der Waals surface area contributed by atoms with Gasteiger partial charge in [0.15, 0.2) is 0 Å². The molecule has 3 N–H and O–H groups in total. The Kier molecular flexibility index (Phi) is 13.0. The second kappa shape index (κ2) is 17.8. The van der Waals surface area contributed by atoms with E-state index in [0.29, 0.717) is 53.2 Å². The molecule has 12 heteroatoms. The molecule has 53 heavy (non-hydrogen) atoms. The summed E-state index contributed by atoms with van der Waals surface area (Å²) in [7, 11) is 3.16. The number of hydrogen-bond acceptors (Lipinski definition) is 9. The minimum Gasteiger partial charge on any atom is -0.481 e. The van der Waals surface area contributed by atoms with Gasteiger partial charge in [0, 0.05) is 36.3 Å². The largest absolute Gasteiger partial charge is 0.481 e. The molecule has 2 aromatic heterocycles. The number of carboxylic acid groups (broad SMARTS) is 1. The molecule has 2 heterocycles. The Morgan fingerprint density at radius 1 is 0.717 bits per heavy atom. The van der Waals surface area contributed by atoms with Gasteiger partial charge >= 0.3 is 5.97 Å². The molecular weight excluding hydrogens is 715 g/mol. The number of aromatic nitrogens is 2. The van der Waals surface area contributed by atoms with Crippen LogP contribution in [0.1, 0.15) is 78.3 Å². The fourth-order valence-corrected chi connectivity index (χ4v) is 7.93. The van der Waals surface area contributed by atoms with Crippen molar-refractivity contribution in [1.29, 1.82) is 0 Å². The van der Waals surface area contributed by atoms with Crippen molar-refractivity contribution in [2.24, 2.45) is 5.92 Å². The molecule has 10 nitrogen and oxygen atoms in total. The number of ether oxygens (including phenoxy) is 4. The number of nitrogens with zero attached hydrogens (tertiary/aromatic N) is 2. The molecule has 2 aliphatic rings. The van der Waals surface area contributed by atoms with Gasteiger partial charge in [-0.1, -0.05) is 78.9 Å². The molecule has 4 aromatic rings. The smallest absolute Gasteiger partial charge is 0.308 e. The van der Waals surface area contributed by atoms with Crippen molar-refractivity contribution in [2.45, 2.75) is 97.2 Å². The average molecular weight is 764 g/mol. The lowest BCUT2D eigenvalue weighted by Gasteiger charge is -2.19. The first-order valence-electron chi connectivity index (χ1n) is 18.3. The van der Waals surface area contributed by atoms with Crippen molar-refractivity contribution in [3.8, 4) is 34.6 Å². The van der Waals surface area contributed by atoms with E-state index in [1.807, 2.05) is 30.3 Å². The zero-order valence-electron chi connectivity index (χ0n) is 30.8. The topological polar surface area (TPSA) is 124 Å². The summed E-state index contributed by atoms with van der Waals surface area (Å²) in [6.45, 7) is 5.73. The van der Waals surface area contributed by atoms with Crippen molar-refractivity contribution >= 4 is 29.2 Å². The van der Waals surface area contributed by atoms with E-state index in [0.717, 1.165) is 57.3 Å². The van der Waals surface area contributed by atoms with Gasteiger partial charge in [0.1, 0.15) is 23.3 Å². The molecule has 0 amide bonds. The molecule has 2 saturated carbocycles. The third-order valence-corrected chi connectivity index (χ3v) is 11.1. The quantitative estimate of drug-likeness (QED) is 0.102. The van der Waals surface area contributed by atoms with Gasteiger partial charge in [0.05, 0.1) is 20.1 Å². The Morgan fingerprint density at radius 2 is 1.23 bits per heavy atom. The molecule has 0 bridgehead atoms. The second-order valence-electron chi connectivity index (χ2n) is 13.9. The van der Waals surface area contributed by atoms with Crippen LogP contribution in [0.15, 0.2) is 48.5 Å². The number of halogens is 2. The lowest BCUT2D eigenvalue weighted by Crippen LogP contribution is -2.35. The van der Waals surface area contributed by atoms with Crippen LogP contribution < -0.4 is 29.6 Å². The number of hydrogen-bond donors (Lipinski definition) is 3. The number of carboxylic acids is 1. The van der Waals surface area contributed by atoms with Crippen LogP contribution in [0.3, 0.4) is 0 Å². The average Bonchev–Trinajstić information content (AvgIpc) is 3.86. The summed E-state index contributed by atoms with van der Waals surface area (Å²) < 4.78 is 23.5. The normalized spacial score (nSPS) is 17.2. The standard InChI is InChI=1S/C41H48Cl2N4O6/c1-24-26(22-52-39-34(42)18-28(37(46-39)50-3)20-44-30-12-5-6-13-30)10-7-14-31(24)32-15-8-11-27(25(32)2)23-53-40-35(43)19-29(38(47-40)51-4)21-45-36-17-9-16-33(36)41(48)49/h7-8,10-11,14-15,18-19,30,33,36,44-45H,5-6,9,12-13,16-17,20-23H2,1-4H3,(H,48,49)/t33-,36+/m0/s1. The van der Waals surface area contributed by atoms with Gasteiger partial charge in [-0.15, -0.1) is 0 Å². The summed E-state index contributed by atoms with van der Waals surface area (Å²) in [5, 5.41) is 17.3. The Bertz CT molecular complexity index is 1920. The molecule has 2 fully saturated rings. The van der Waals surface area contributed by atoms with E-state index in [9.17, 15) is 9.90 Å². The van der Waals surface area contributed by atoms with Crippen LogP contribution in [0.2, 0.25) is 10.0 Å². The molecule has 0 radical (unpaired) electrons. The predicted molar refractivity (Wildman–Crippen MR) is 206 cm³/mol. The number of pyridine rings is 2. The Labute approximate surface area is 321 Å². The monoisotopic (exact) mass is 762 g/mol. The van der Waals surface area contributed by atoms with Crippen LogP contribution in [0.5, 0.6) is 23.5 Å². The summed E-state index contributed by atoms with van der Waals surface area (Å²) in [5.41, 5.74) is 7.95. The maximum absolute atomic E-state index is 11.6. The van der Waals surface area contributed by atoms with Gasteiger partial charge in [-0.3, -0.25) is 4.79 Å². The summed E-state index contributed by atoms with van der Waals surface area (Å²) in [4.78, 5) is 20.8. The van der Waals surface area contributed by atoms with E-state index in [4.69, 9.17) is 42.1 Å². The molecule has 0 aliphatic heterocycles. The van der Waals surface area contributed by atoms with Gasteiger partial charge in [-0.25, -0.2) is 0 Å². The van der Waals surface area contributed by atoms with E-state index >= 15 is 0 Å². The van der Waals surface area contributed by atoms with E-state index < -0.39 is 11.9 Å².